The van der Waals surface area contributed by atoms with Crippen molar-refractivity contribution in [2.45, 2.75) is 18.7 Å². The van der Waals surface area contributed by atoms with E-state index >= 15 is 0 Å². The molecule has 128 valence electrons. The van der Waals surface area contributed by atoms with Gasteiger partial charge in [0.2, 0.25) is 10.0 Å². The Balaban J connectivity index is 2.17. The van der Waals surface area contributed by atoms with Crippen LogP contribution in [0.25, 0.3) is 6.08 Å². The average Bonchev–Trinajstić information content (AvgIpc) is 2.99. The standard InChI is InChI=1S/C16H20N4O3S/c1-4-20(5-2)24(22,23)15-9-6-13(7-10-15)16(21)11-8-14-12-17-19(3)18-14/h6-12H,4-5H2,1-3H3/b11-8+. The van der Waals surface area contributed by atoms with Crippen molar-refractivity contribution in [1.82, 2.24) is 19.3 Å². The molecule has 1 aromatic carbocycles. The Morgan fingerprint density at radius 1 is 1.21 bits per heavy atom. The van der Waals surface area contributed by atoms with Crippen molar-refractivity contribution >= 4 is 21.9 Å². The van der Waals surface area contributed by atoms with Crippen LogP contribution in [-0.4, -0.2) is 46.6 Å². The van der Waals surface area contributed by atoms with Gasteiger partial charge in [0.05, 0.1) is 11.1 Å². The van der Waals surface area contributed by atoms with E-state index in [1.165, 1.54) is 39.4 Å². The zero-order valence-corrected chi connectivity index (χ0v) is 14.7. The summed E-state index contributed by atoms with van der Waals surface area (Å²) in [4.78, 5) is 13.7. The van der Waals surface area contributed by atoms with E-state index in [9.17, 15) is 13.2 Å². The van der Waals surface area contributed by atoms with E-state index < -0.39 is 10.0 Å². The second-order valence-corrected chi connectivity index (χ2v) is 7.01. The monoisotopic (exact) mass is 348 g/mol. The Labute approximate surface area is 141 Å². The number of hydrogen-bond donors (Lipinski definition) is 0. The lowest BCUT2D eigenvalue weighted by Crippen LogP contribution is -2.30. The van der Waals surface area contributed by atoms with Gasteiger partial charge in [-0.25, -0.2) is 8.42 Å². The number of carbonyl (C=O) groups is 1. The van der Waals surface area contributed by atoms with Crippen LogP contribution in [-0.2, 0) is 17.1 Å². The minimum Gasteiger partial charge on any atom is -0.289 e. The van der Waals surface area contributed by atoms with Gasteiger partial charge in [0.25, 0.3) is 0 Å². The highest BCUT2D eigenvalue weighted by Gasteiger charge is 2.21. The van der Waals surface area contributed by atoms with Gasteiger partial charge in [-0.1, -0.05) is 13.8 Å². The molecule has 24 heavy (non-hydrogen) atoms. The molecule has 1 heterocycles. The smallest absolute Gasteiger partial charge is 0.243 e. The molecule has 0 aliphatic heterocycles. The number of ketones is 1. The van der Waals surface area contributed by atoms with Gasteiger partial charge in [0.1, 0.15) is 5.69 Å². The van der Waals surface area contributed by atoms with Crippen molar-refractivity contribution in [3.8, 4) is 0 Å². The maximum atomic E-state index is 12.4. The summed E-state index contributed by atoms with van der Waals surface area (Å²) < 4.78 is 26.2. The number of aromatic nitrogens is 3. The fraction of sp³-hybridized carbons (Fsp3) is 0.312. The summed E-state index contributed by atoms with van der Waals surface area (Å²) in [6, 6.07) is 5.94. The van der Waals surface area contributed by atoms with Crippen LogP contribution < -0.4 is 0 Å². The van der Waals surface area contributed by atoms with Crippen molar-refractivity contribution < 1.29 is 13.2 Å². The Morgan fingerprint density at radius 3 is 2.33 bits per heavy atom. The van der Waals surface area contributed by atoms with Crippen LogP contribution in [0.5, 0.6) is 0 Å². The first-order valence-electron chi connectivity index (χ1n) is 7.57. The van der Waals surface area contributed by atoms with Crippen LogP contribution in [0.15, 0.2) is 41.4 Å². The molecule has 0 N–H and O–H groups in total. The number of carbonyl (C=O) groups excluding carboxylic acids is 1. The van der Waals surface area contributed by atoms with Crippen LogP contribution in [0.3, 0.4) is 0 Å². The molecule has 2 rings (SSSR count). The molecule has 0 fully saturated rings. The zero-order valence-electron chi connectivity index (χ0n) is 13.9. The molecule has 0 spiro atoms. The topological polar surface area (TPSA) is 85.2 Å². The first-order valence-corrected chi connectivity index (χ1v) is 9.01. The van der Waals surface area contributed by atoms with Crippen LogP contribution in [0.1, 0.15) is 29.9 Å². The predicted molar refractivity (Wildman–Crippen MR) is 90.9 cm³/mol. The summed E-state index contributed by atoms with van der Waals surface area (Å²) in [6.45, 7) is 4.38. The third-order valence-electron chi connectivity index (χ3n) is 3.50. The second kappa shape index (κ2) is 7.50. The van der Waals surface area contributed by atoms with Gasteiger partial charge < -0.3 is 0 Å². The molecule has 0 atom stereocenters. The Bertz CT molecular complexity index is 834. The lowest BCUT2D eigenvalue weighted by molar-refractivity contribution is 0.104. The molecule has 0 saturated carbocycles. The molecular formula is C16H20N4O3S. The largest absolute Gasteiger partial charge is 0.289 e. The first kappa shape index (κ1) is 18.0. The van der Waals surface area contributed by atoms with Gasteiger partial charge >= 0.3 is 0 Å². The zero-order chi connectivity index (χ0) is 17.7. The van der Waals surface area contributed by atoms with Gasteiger partial charge in [0.15, 0.2) is 5.78 Å². The molecule has 0 amide bonds. The third kappa shape index (κ3) is 3.95. The van der Waals surface area contributed by atoms with Crippen LogP contribution >= 0.6 is 0 Å². The quantitative estimate of drug-likeness (QED) is 0.562. The number of nitrogens with zero attached hydrogens (tertiary/aromatic N) is 4. The van der Waals surface area contributed by atoms with E-state index in [0.29, 0.717) is 24.3 Å². The molecule has 8 heteroatoms. The highest BCUT2D eigenvalue weighted by atomic mass is 32.2. The molecular weight excluding hydrogens is 328 g/mol. The van der Waals surface area contributed by atoms with Gasteiger partial charge in [-0.2, -0.15) is 19.3 Å². The molecule has 7 nitrogen and oxygen atoms in total. The molecule has 0 radical (unpaired) electrons. The number of benzene rings is 1. The minimum atomic E-state index is -3.51. The molecule has 0 aliphatic rings. The number of sulfonamides is 1. The summed E-state index contributed by atoms with van der Waals surface area (Å²) in [5, 5.41) is 7.95. The maximum absolute atomic E-state index is 12.4. The third-order valence-corrected chi connectivity index (χ3v) is 5.57. The minimum absolute atomic E-state index is 0.181. The van der Waals surface area contributed by atoms with E-state index in [-0.39, 0.29) is 10.7 Å². The van der Waals surface area contributed by atoms with E-state index in [1.807, 2.05) is 0 Å². The van der Waals surface area contributed by atoms with Crippen molar-refractivity contribution in [1.29, 1.82) is 0 Å². The fourth-order valence-electron chi connectivity index (χ4n) is 2.20. The van der Waals surface area contributed by atoms with Crippen LogP contribution in [0, 0.1) is 0 Å². The Morgan fingerprint density at radius 2 is 1.83 bits per heavy atom. The lowest BCUT2D eigenvalue weighted by Gasteiger charge is -2.18. The van der Waals surface area contributed by atoms with Gasteiger partial charge in [0, 0.05) is 25.7 Å². The summed E-state index contributed by atoms with van der Waals surface area (Å²) in [6.07, 6.45) is 4.50. The summed E-state index contributed by atoms with van der Waals surface area (Å²) in [5.74, 6) is -0.229. The number of allylic oxidation sites excluding steroid dienone is 1. The number of aryl methyl sites for hydroxylation is 1. The number of hydrogen-bond acceptors (Lipinski definition) is 5. The van der Waals surface area contributed by atoms with Crippen molar-refractivity contribution in [3.05, 3.63) is 47.8 Å². The van der Waals surface area contributed by atoms with Crippen LogP contribution in [0.4, 0.5) is 0 Å². The fourth-order valence-corrected chi connectivity index (χ4v) is 3.66. The molecule has 0 saturated heterocycles. The maximum Gasteiger partial charge on any atom is 0.243 e. The Kier molecular flexibility index (Phi) is 5.63. The second-order valence-electron chi connectivity index (χ2n) is 5.07. The highest BCUT2D eigenvalue weighted by Crippen LogP contribution is 2.16. The van der Waals surface area contributed by atoms with Crippen LogP contribution in [0.2, 0.25) is 0 Å². The lowest BCUT2D eigenvalue weighted by atomic mass is 10.1. The van der Waals surface area contributed by atoms with Gasteiger partial charge in [-0.3, -0.25) is 4.79 Å². The summed E-state index contributed by atoms with van der Waals surface area (Å²) in [5.41, 5.74) is 0.986. The molecule has 2 aromatic rings. The average molecular weight is 348 g/mol. The summed E-state index contributed by atoms with van der Waals surface area (Å²) >= 11 is 0. The predicted octanol–water partition coefficient (Wildman–Crippen LogP) is 1.74. The van der Waals surface area contributed by atoms with Gasteiger partial charge in [-0.05, 0) is 36.4 Å². The van der Waals surface area contributed by atoms with E-state index in [0.717, 1.165) is 0 Å². The Hall–Kier alpha value is -2.32. The SMILES string of the molecule is CCN(CC)S(=O)(=O)c1ccc(C(=O)/C=C/c2cnn(C)n2)cc1. The molecule has 0 aliphatic carbocycles. The van der Waals surface area contributed by atoms with Gasteiger partial charge in [-0.15, -0.1) is 0 Å². The van der Waals surface area contributed by atoms with Crippen molar-refractivity contribution in [2.24, 2.45) is 7.05 Å². The van der Waals surface area contributed by atoms with E-state index in [4.69, 9.17) is 0 Å². The molecule has 0 bridgehead atoms. The highest BCUT2D eigenvalue weighted by molar-refractivity contribution is 7.89. The molecule has 1 aromatic heterocycles. The van der Waals surface area contributed by atoms with Crippen molar-refractivity contribution in [3.63, 3.8) is 0 Å². The van der Waals surface area contributed by atoms with E-state index in [2.05, 4.69) is 10.2 Å². The van der Waals surface area contributed by atoms with Crippen molar-refractivity contribution in [2.75, 3.05) is 13.1 Å². The summed E-state index contributed by atoms with van der Waals surface area (Å²) in [7, 11) is -1.82. The number of rotatable bonds is 7. The first-order chi connectivity index (χ1) is 11.4. The van der Waals surface area contributed by atoms with E-state index in [1.54, 1.807) is 33.2 Å². The molecule has 0 unspecified atom stereocenters. The normalized spacial score (nSPS) is 12.2.